The van der Waals surface area contributed by atoms with Gasteiger partial charge >= 0.3 is 0 Å². The quantitative estimate of drug-likeness (QED) is 0.163. The highest BCUT2D eigenvalue weighted by Gasteiger charge is 2.33. The van der Waals surface area contributed by atoms with Crippen molar-refractivity contribution in [1.82, 2.24) is 4.57 Å². The lowest BCUT2D eigenvalue weighted by Crippen LogP contribution is -2.36. The van der Waals surface area contributed by atoms with E-state index in [-0.39, 0.29) is 0 Å². The molecule has 0 bridgehead atoms. The van der Waals surface area contributed by atoms with Gasteiger partial charge in [0.1, 0.15) is 11.3 Å². The number of hydrogen-bond donors (Lipinski definition) is 0. The summed E-state index contributed by atoms with van der Waals surface area (Å²) in [5.41, 5.74) is 12.2. The number of fused-ring (bicyclic) bond motifs is 2. The molecule has 2 heterocycles. The minimum Gasteiger partial charge on any atom is -0.464 e. The molecule has 40 heavy (non-hydrogen) atoms. The Hall–Kier alpha value is -4.62. The van der Waals surface area contributed by atoms with Crippen LogP contribution in [0.4, 0.5) is 5.69 Å². The van der Waals surface area contributed by atoms with E-state index in [1.807, 2.05) is 18.2 Å². The number of hydrogen-bond acceptors (Lipinski definition) is 1. The van der Waals surface area contributed by atoms with Gasteiger partial charge in [-0.1, -0.05) is 70.2 Å². The Balaban J connectivity index is 1.81. The SMILES string of the molecule is [C-]#[N+]c1ccc2c(c1)n(C)c(-c1c(C)ccc3occc13)[n+]2-c1c(C(C)C)cc(-c2ccccc2)cc1C(C)C. The lowest BCUT2D eigenvalue weighted by molar-refractivity contribution is -0.557. The first-order chi connectivity index (χ1) is 19.3. The number of aromatic nitrogens is 2. The maximum atomic E-state index is 7.68. The first-order valence-corrected chi connectivity index (χ1v) is 13.9. The van der Waals surface area contributed by atoms with Crippen LogP contribution in [0.3, 0.4) is 0 Å². The molecule has 0 unspecified atom stereocenters. The highest BCUT2D eigenvalue weighted by molar-refractivity contribution is 5.95. The first-order valence-electron chi connectivity index (χ1n) is 13.9. The van der Waals surface area contributed by atoms with Crippen LogP contribution in [-0.2, 0) is 7.05 Å². The van der Waals surface area contributed by atoms with E-state index in [0.717, 1.165) is 33.4 Å². The van der Waals surface area contributed by atoms with Gasteiger partial charge in [-0.2, -0.15) is 4.57 Å². The Morgan fingerprint density at radius 2 is 1.52 bits per heavy atom. The van der Waals surface area contributed by atoms with Crippen LogP contribution in [0, 0.1) is 13.5 Å². The molecular formula is C36H34N3O+. The Morgan fingerprint density at radius 1 is 0.825 bits per heavy atom. The number of furan rings is 1. The summed E-state index contributed by atoms with van der Waals surface area (Å²) < 4.78 is 10.6. The predicted octanol–water partition coefficient (Wildman–Crippen LogP) is 9.64. The standard InChI is InChI=1S/C36H34N3O/c1-22(2)29-19-26(25-11-9-8-10-12-25)20-30(23(3)4)35(29)39-31-15-14-27(37-6)21-32(31)38(7)36(39)34-24(5)13-16-33-28(34)17-18-40-33/h8-23H,1-5,7H3/q+1. The van der Waals surface area contributed by atoms with Crippen LogP contribution in [0.25, 0.3) is 55.0 Å². The average molecular weight is 525 g/mol. The highest BCUT2D eigenvalue weighted by Crippen LogP contribution is 2.39. The average Bonchev–Trinajstić information content (AvgIpc) is 3.55. The maximum Gasteiger partial charge on any atom is 0.295 e. The molecule has 2 aromatic heterocycles. The molecule has 198 valence electrons. The van der Waals surface area contributed by atoms with Gasteiger partial charge in [0.05, 0.1) is 25.4 Å². The number of imidazole rings is 1. The van der Waals surface area contributed by atoms with Gasteiger partial charge in [-0.3, -0.25) is 0 Å². The van der Waals surface area contributed by atoms with Gasteiger partial charge in [0, 0.05) is 16.5 Å². The molecular weight excluding hydrogens is 490 g/mol. The molecule has 0 spiro atoms. The van der Waals surface area contributed by atoms with Crippen molar-refractivity contribution >= 4 is 27.7 Å². The fraction of sp³-hybridized carbons (Fsp3) is 0.222. The van der Waals surface area contributed by atoms with Crippen molar-refractivity contribution in [3.05, 3.63) is 113 Å². The summed E-state index contributed by atoms with van der Waals surface area (Å²) in [5.74, 6) is 1.66. The molecule has 0 saturated heterocycles. The third-order valence-electron chi connectivity index (χ3n) is 8.03. The van der Waals surface area contributed by atoms with Gasteiger partial charge < -0.3 is 4.42 Å². The number of nitrogens with zero attached hydrogens (tertiary/aromatic N) is 3. The van der Waals surface area contributed by atoms with Crippen LogP contribution in [0.15, 0.2) is 89.5 Å². The van der Waals surface area contributed by atoms with E-state index in [9.17, 15) is 0 Å². The van der Waals surface area contributed by atoms with Crippen molar-refractivity contribution in [1.29, 1.82) is 0 Å². The summed E-state index contributed by atoms with van der Waals surface area (Å²) in [7, 11) is 2.11. The molecule has 0 aliphatic heterocycles. The third-order valence-corrected chi connectivity index (χ3v) is 8.03. The largest absolute Gasteiger partial charge is 0.464 e. The first kappa shape index (κ1) is 25.6. The Labute approximate surface area is 235 Å². The number of benzene rings is 4. The summed E-state index contributed by atoms with van der Waals surface area (Å²) in [6.45, 7) is 19.0. The van der Waals surface area contributed by atoms with E-state index < -0.39 is 0 Å². The van der Waals surface area contributed by atoms with E-state index in [1.54, 1.807) is 6.26 Å². The minimum absolute atomic E-state index is 0.292. The van der Waals surface area contributed by atoms with Gasteiger partial charge in [-0.25, -0.2) is 9.41 Å². The van der Waals surface area contributed by atoms with Gasteiger partial charge in [0.25, 0.3) is 5.82 Å². The lowest BCUT2D eigenvalue weighted by atomic mass is 9.88. The van der Waals surface area contributed by atoms with Gasteiger partial charge in [0.2, 0.25) is 0 Å². The molecule has 0 N–H and O–H groups in total. The monoisotopic (exact) mass is 524 g/mol. The van der Waals surface area contributed by atoms with Crippen molar-refractivity contribution in [2.45, 2.75) is 46.5 Å². The molecule has 0 fully saturated rings. The zero-order valence-electron chi connectivity index (χ0n) is 24.0. The summed E-state index contributed by atoms with van der Waals surface area (Å²) in [4.78, 5) is 3.75. The Morgan fingerprint density at radius 3 is 2.17 bits per heavy atom. The van der Waals surface area contributed by atoms with Crippen molar-refractivity contribution < 1.29 is 8.98 Å². The zero-order chi connectivity index (χ0) is 28.1. The minimum atomic E-state index is 0.292. The number of aryl methyl sites for hydroxylation is 2. The molecule has 0 amide bonds. The Bertz CT molecular complexity index is 1900. The number of rotatable bonds is 5. The van der Waals surface area contributed by atoms with Gasteiger partial charge in [-0.05, 0) is 71.8 Å². The highest BCUT2D eigenvalue weighted by atomic mass is 16.3. The van der Waals surface area contributed by atoms with Gasteiger partial charge in [-0.15, -0.1) is 0 Å². The van der Waals surface area contributed by atoms with Gasteiger partial charge in [0.15, 0.2) is 16.7 Å². The third kappa shape index (κ3) is 4.01. The Kier molecular flexibility index (Phi) is 6.31. The topological polar surface area (TPSA) is 26.3 Å². The molecule has 4 aromatic carbocycles. The fourth-order valence-corrected chi connectivity index (χ4v) is 5.99. The summed E-state index contributed by atoms with van der Waals surface area (Å²) in [5, 5.41) is 1.09. The summed E-state index contributed by atoms with van der Waals surface area (Å²) in [6.07, 6.45) is 1.77. The molecule has 4 heteroatoms. The van der Waals surface area contributed by atoms with Crippen molar-refractivity contribution in [3.8, 4) is 28.2 Å². The van der Waals surface area contributed by atoms with Crippen LogP contribution < -0.4 is 4.57 Å². The molecule has 0 saturated carbocycles. The smallest absolute Gasteiger partial charge is 0.295 e. The molecule has 0 radical (unpaired) electrons. The molecule has 0 aliphatic rings. The van der Waals surface area contributed by atoms with Crippen LogP contribution in [-0.4, -0.2) is 4.57 Å². The summed E-state index contributed by atoms with van der Waals surface area (Å²) >= 11 is 0. The van der Waals surface area contributed by atoms with E-state index >= 15 is 0 Å². The zero-order valence-corrected chi connectivity index (χ0v) is 24.0. The van der Waals surface area contributed by atoms with E-state index in [1.165, 1.54) is 33.5 Å². The predicted molar refractivity (Wildman–Crippen MR) is 164 cm³/mol. The van der Waals surface area contributed by atoms with Crippen LogP contribution in [0.5, 0.6) is 0 Å². The van der Waals surface area contributed by atoms with Crippen LogP contribution >= 0.6 is 0 Å². The second-order valence-corrected chi connectivity index (χ2v) is 11.3. The van der Waals surface area contributed by atoms with E-state index in [2.05, 4.69) is 116 Å². The fourth-order valence-electron chi connectivity index (χ4n) is 5.99. The molecule has 0 atom stereocenters. The van der Waals surface area contributed by atoms with Crippen molar-refractivity contribution in [2.24, 2.45) is 7.05 Å². The van der Waals surface area contributed by atoms with Crippen molar-refractivity contribution in [3.63, 3.8) is 0 Å². The second-order valence-electron chi connectivity index (χ2n) is 11.3. The summed E-state index contributed by atoms with van der Waals surface area (Å²) in [6, 6.07) is 27.7. The molecule has 6 aromatic rings. The second kappa shape index (κ2) is 9.84. The van der Waals surface area contributed by atoms with Crippen LogP contribution in [0.2, 0.25) is 0 Å². The normalized spacial score (nSPS) is 11.7. The molecule has 4 nitrogen and oxygen atoms in total. The van der Waals surface area contributed by atoms with Crippen LogP contribution in [0.1, 0.15) is 56.2 Å². The lowest BCUT2D eigenvalue weighted by Gasteiger charge is -2.21. The molecule has 6 rings (SSSR count). The van der Waals surface area contributed by atoms with E-state index in [0.29, 0.717) is 17.5 Å². The van der Waals surface area contributed by atoms with E-state index in [4.69, 9.17) is 11.0 Å². The molecule has 0 aliphatic carbocycles. The van der Waals surface area contributed by atoms with Crippen molar-refractivity contribution in [2.75, 3.05) is 0 Å². The maximum absolute atomic E-state index is 7.68.